The number of para-hydroxylation sites is 1. The van der Waals surface area contributed by atoms with E-state index < -0.39 is 11.9 Å². The molecule has 2 aromatic carbocycles. The summed E-state index contributed by atoms with van der Waals surface area (Å²) in [4.78, 5) is 39.1. The Morgan fingerprint density at radius 3 is 2.29 bits per heavy atom. The fourth-order valence-electron chi connectivity index (χ4n) is 3.34. The van der Waals surface area contributed by atoms with Crippen molar-refractivity contribution >= 4 is 23.5 Å². The molecule has 0 atom stereocenters. The molecule has 1 aliphatic heterocycles. The molecule has 1 amide bonds. The minimum atomic E-state index is -0.744. The minimum Gasteiger partial charge on any atom is -0.497 e. The molecule has 1 N–H and O–H groups in total. The smallest absolute Gasteiger partial charge is 0.355 e. The number of hydrogen-bond donors (Lipinski definition) is 1. The predicted molar refractivity (Wildman–Crippen MR) is 122 cm³/mol. The van der Waals surface area contributed by atoms with Crippen LogP contribution in [0.5, 0.6) is 11.5 Å². The number of hydrogen-bond acceptors (Lipinski definition) is 9. The van der Waals surface area contributed by atoms with Crippen LogP contribution in [0, 0.1) is 0 Å². The first-order chi connectivity index (χ1) is 16.5. The van der Waals surface area contributed by atoms with E-state index in [2.05, 4.69) is 5.32 Å². The van der Waals surface area contributed by atoms with Crippen LogP contribution in [-0.4, -0.2) is 65.7 Å². The summed E-state index contributed by atoms with van der Waals surface area (Å²) in [7, 11) is 4.00. The highest BCUT2D eigenvalue weighted by Crippen LogP contribution is 2.29. The second-order valence-electron chi connectivity index (χ2n) is 7.01. The lowest BCUT2D eigenvalue weighted by molar-refractivity contribution is -0.140. The number of carbonyl (C=O) groups is 3. The Kier molecular flexibility index (Phi) is 8.47. The van der Waals surface area contributed by atoms with Gasteiger partial charge in [-0.3, -0.25) is 4.79 Å². The van der Waals surface area contributed by atoms with E-state index in [1.807, 2.05) is 0 Å². The Morgan fingerprint density at radius 2 is 1.62 bits per heavy atom. The third-order valence-electron chi connectivity index (χ3n) is 4.99. The number of ether oxygens (including phenoxy) is 5. The van der Waals surface area contributed by atoms with Crippen LogP contribution in [0.2, 0.25) is 0 Å². The van der Waals surface area contributed by atoms with E-state index in [1.165, 1.54) is 19.1 Å². The molecule has 0 radical (unpaired) electrons. The number of carbonyl (C=O) groups excluding carboxylic acids is 3. The van der Waals surface area contributed by atoms with Gasteiger partial charge in [-0.2, -0.15) is 0 Å². The van der Waals surface area contributed by atoms with Gasteiger partial charge in [0.25, 0.3) is 5.91 Å². The number of anilines is 1. The molecule has 0 saturated heterocycles. The van der Waals surface area contributed by atoms with Gasteiger partial charge in [-0.25, -0.2) is 9.59 Å². The maximum Gasteiger partial charge on any atom is 0.355 e. The topological polar surface area (TPSA) is 113 Å². The number of amides is 1. The standard InChI is InChI=1S/C24H26N2O8/c1-30-16-8-10-17(11-9-16)34-13-12-25-22(27)18-6-4-5-7-20(18)26-15-33-14-19(23(28)31-2)21(26)24(29)32-3/h4-11H,12-15H2,1-3H3,(H,25,27). The molecule has 0 unspecified atom stereocenters. The number of esters is 2. The van der Waals surface area contributed by atoms with Gasteiger partial charge in [-0.15, -0.1) is 0 Å². The van der Waals surface area contributed by atoms with Crippen LogP contribution in [0.3, 0.4) is 0 Å². The Morgan fingerprint density at radius 1 is 0.941 bits per heavy atom. The van der Waals surface area contributed by atoms with Crippen LogP contribution in [0.4, 0.5) is 5.69 Å². The molecule has 34 heavy (non-hydrogen) atoms. The van der Waals surface area contributed by atoms with Gasteiger partial charge >= 0.3 is 11.9 Å². The highest BCUT2D eigenvalue weighted by atomic mass is 16.5. The van der Waals surface area contributed by atoms with Gasteiger partial charge in [-0.05, 0) is 36.4 Å². The summed E-state index contributed by atoms with van der Waals surface area (Å²) in [6, 6.07) is 13.8. The monoisotopic (exact) mass is 470 g/mol. The van der Waals surface area contributed by atoms with Crippen molar-refractivity contribution in [2.24, 2.45) is 0 Å². The molecule has 2 aromatic rings. The number of benzene rings is 2. The van der Waals surface area contributed by atoms with E-state index >= 15 is 0 Å². The minimum absolute atomic E-state index is 0.00343. The molecule has 1 heterocycles. The maximum atomic E-state index is 12.9. The van der Waals surface area contributed by atoms with Crippen LogP contribution in [0.15, 0.2) is 59.8 Å². The van der Waals surface area contributed by atoms with Crippen LogP contribution in [-0.2, 0) is 23.8 Å². The molecule has 0 saturated carbocycles. The molecule has 0 fully saturated rings. The zero-order chi connectivity index (χ0) is 24.5. The van der Waals surface area contributed by atoms with Gasteiger partial charge in [0.15, 0.2) is 0 Å². The van der Waals surface area contributed by atoms with Crippen molar-refractivity contribution in [3.8, 4) is 11.5 Å². The molecule has 10 heteroatoms. The highest BCUT2D eigenvalue weighted by molar-refractivity contribution is 6.06. The second-order valence-corrected chi connectivity index (χ2v) is 7.01. The van der Waals surface area contributed by atoms with Crippen molar-refractivity contribution in [3.63, 3.8) is 0 Å². The molecule has 0 aliphatic carbocycles. The first-order valence-corrected chi connectivity index (χ1v) is 10.4. The Labute approximate surface area is 197 Å². The van der Waals surface area contributed by atoms with E-state index in [-0.39, 0.29) is 49.2 Å². The summed E-state index contributed by atoms with van der Waals surface area (Å²) in [5.41, 5.74) is 0.619. The first-order valence-electron chi connectivity index (χ1n) is 10.4. The Hall–Kier alpha value is -4.05. The van der Waals surface area contributed by atoms with E-state index in [9.17, 15) is 14.4 Å². The quantitative estimate of drug-likeness (QED) is 0.434. The molecule has 0 spiro atoms. The molecular weight excluding hydrogens is 444 g/mol. The predicted octanol–water partition coefficient (Wildman–Crippen LogP) is 1.90. The van der Waals surface area contributed by atoms with E-state index in [0.29, 0.717) is 11.4 Å². The molecule has 180 valence electrons. The van der Waals surface area contributed by atoms with Gasteiger partial charge in [0.05, 0.1) is 51.3 Å². The zero-order valence-electron chi connectivity index (χ0n) is 19.2. The fourth-order valence-corrected chi connectivity index (χ4v) is 3.34. The van der Waals surface area contributed by atoms with Crippen molar-refractivity contribution in [2.45, 2.75) is 0 Å². The van der Waals surface area contributed by atoms with E-state index in [0.717, 1.165) is 5.75 Å². The van der Waals surface area contributed by atoms with E-state index in [1.54, 1.807) is 55.6 Å². The summed E-state index contributed by atoms with van der Waals surface area (Å²) in [5, 5.41) is 2.79. The van der Waals surface area contributed by atoms with Gasteiger partial charge in [0.1, 0.15) is 30.5 Å². The third-order valence-corrected chi connectivity index (χ3v) is 4.99. The van der Waals surface area contributed by atoms with Gasteiger partial charge in [0, 0.05) is 0 Å². The molecule has 0 aromatic heterocycles. The second kappa shape index (κ2) is 11.7. The lowest BCUT2D eigenvalue weighted by atomic mass is 10.1. The van der Waals surface area contributed by atoms with Crippen molar-refractivity contribution in [2.75, 3.05) is 52.7 Å². The maximum absolute atomic E-state index is 12.9. The number of nitrogens with one attached hydrogen (secondary N) is 1. The third kappa shape index (κ3) is 5.65. The first kappa shape index (κ1) is 24.6. The Balaban J connectivity index is 1.75. The number of rotatable bonds is 9. The average molecular weight is 470 g/mol. The van der Waals surface area contributed by atoms with Crippen LogP contribution in [0.25, 0.3) is 0 Å². The zero-order valence-corrected chi connectivity index (χ0v) is 19.2. The lowest BCUT2D eigenvalue weighted by Gasteiger charge is -2.32. The summed E-state index contributed by atoms with van der Waals surface area (Å²) >= 11 is 0. The van der Waals surface area contributed by atoms with Crippen molar-refractivity contribution in [1.82, 2.24) is 5.32 Å². The van der Waals surface area contributed by atoms with Crippen molar-refractivity contribution in [1.29, 1.82) is 0 Å². The van der Waals surface area contributed by atoms with Gasteiger partial charge in [0.2, 0.25) is 0 Å². The number of methoxy groups -OCH3 is 3. The summed E-state index contributed by atoms with van der Waals surface area (Å²) in [6.45, 7) is 0.302. The normalized spacial score (nSPS) is 13.2. The van der Waals surface area contributed by atoms with Gasteiger partial charge < -0.3 is 33.9 Å². The van der Waals surface area contributed by atoms with Crippen LogP contribution < -0.4 is 19.7 Å². The highest BCUT2D eigenvalue weighted by Gasteiger charge is 2.33. The molecule has 1 aliphatic rings. The summed E-state index contributed by atoms with van der Waals surface area (Å²) in [5.74, 6) is -0.489. The van der Waals surface area contributed by atoms with Crippen LogP contribution in [0.1, 0.15) is 10.4 Å². The largest absolute Gasteiger partial charge is 0.497 e. The Bertz CT molecular complexity index is 1060. The van der Waals surface area contributed by atoms with Crippen molar-refractivity contribution < 1.29 is 38.1 Å². The number of nitrogens with zero attached hydrogens (tertiary/aromatic N) is 1. The van der Waals surface area contributed by atoms with E-state index in [4.69, 9.17) is 23.7 Å². The molecular formula is C24H26N2O8. The molecule has 3 rings (SSSR count). The van der Waals surface area contributed by atoms with Crippen molar-refractivity contribution in [3.05, 3.63) is 65.4 Å². The van der Waals surface area contributed by atoms with Gasteiger partial charge in [-0.1, -0.05) is 12.1 Å². The molecule has 10 nitrogen and oxygen atoms in total. The fraction of sp³-hybridized carbons (Fsp3) is 0.292. The SMILES string of the molecule is COC(=O)C1=C(C(=O)OC)N(c2ccccc2C(=O)NCCOc2ccc(OC)cc2)COC1. The summed E-state index contributed by atoms with van der Waals surface area (Å²) < 4.78 is 25.9. The summed E-state index contributed by atoms with van der Waals surface area (Å²) in [6.07, 6.45) is 0. The average Bonchev–Trinajstić information content (AvgIpc) is 2.89. The molecule has 0 bridgehead atoms. The lowest BCUT2D eigenvalue weighted by Crippen LogP contribution is -2.40. The van der Waals surface area contributed by atoms with Crippen LogP contribution >= 0.6 is 0 Å².